The first-order valence-corrected chi connectivity index (χ1v) is 7.87. The van der Waals surface area contributed by atoms with E-state index in [0.29, 0.717) is 6.04 Å². The van der Waals surface area contributed by atoms with Crippen LogP contribution in [0.4, 0.5) is 0 Å². The van der Waals surface area contributed by atoms with E-state index in [9.17, 15) is 4.79 Å². The van der Waals surface area contributed by atoms with Crippen molar-refractivity contribution >= 4 is 11.9 Å². The topological polar surface area (TPSA) is 47.9 Å². The Bertz CT molecular complexity index is 359. The highest BCUT2D eigenvalue weighted by Crippen LogP contribution is 2.17. The van der Waals surface area contributed by atoms with Gasteiger partial charge in [-0.3, -0.25) is 4.79 Å². The number of hydrogen-bond acceptors (Lipinski definition) is 2. The Kier molecular flexibility index (Phi) is 7.87. The number of carbonyl (C=O) groups excluding carboxylic acids is 1. The van der Waals surface area contributed by atoms with Crippen LogP contribution in [0.5, 0.6) is 0 Å². The van der Waals surface area contributed by atoms with Crippen molar-refractivity contribution in [2.75, 3.05) is 34.2 Å². The van der Waals surface area contributed by atoms with E-state index in [0.717, 1.165) is 25.3 Å². The number of allylic oxidation sites excluding steroid dienone is 1. The van der Waals surface area contributed by atoms with Crippen LogP contribution in [0.25, 0.3) is 0 Å². The fourth-order valence-corrected chi connectivity index (χ4v) is 2.39. The van der Waals surface area contributed by atoms with Gasteiger partial charge < -0.3 is 15.1 Å². The first-order chi connectivity index (χ1) is 10.0. The number of carbonyl (C=O) groups is 1. The lowest BCUT2D eigenvalue weighted by Crippen LogP contribution is -2.44. The molecule has 0 bridgehead atoms. The van der Waals surface area contributed by atoms with Crippen LogP contribution in [0.15, 0.2) is 17.6 Å². The smallest absolute Gasteiger partial charge is 0.243 e. The molecule has 0 unspecified atom stereocenters. The normalized spacial score (nSPS) is 15.9. The van der Waals surface area contributed by atoms with E-state index < -0.39 is 0 Å². The zero-order chi connectivity index (χ0) is 15.7. The first kappa shape index (κ1) is 17.5. The highest BCUT2D eigenvalue weighted by molar-refractivity contribution is 5.84. The molecule has 0 radical (unpaired) electrons. The van der Waals surface area contributed by atoms with Crippen molar-refractivity contribution in [1.82, 2.24) is 15.1 Å². The largest absolute Gasteiger partial charge is 0.354 e. The van der Waals surface area contributed by atoms with Crippen molar-refractivity contribution in [3.63, 3.8) is 0 Å². The standard InChI is InChI=1S/C16H30N4O/c1-5-6-9-12-20(4)16(17-13-15(21)19(2)3)18-14-10-7-8-11-14/h5,14H,1,6-13H2,2-4H3,(H,17,18). The van der Waals surface area contributed by atoms with Gasteiger partial charge in [-0.2, -0.15) is 0 Å². The second-order valence-electron chi connectivity index (χ2n) is 5.91. The van der Waals surface area contributed by atoms with E-state index in [-0.39, 0.29) is 12.5 Å². The first-order valence-electron chi connectivity index (χ1n) is 7.87. The summed E-state index contributed by atoms with van der Waals surface area (Å²) in [5, 5.41) is 3.52. The molecular weight excluding hydrogens is 264 g/mol. The molecule has 0 atom stereocenters. The van der Waals surface area contributed by atoms with Crippen LogP contribution in [0, 0.1) is 0 Å². The molecule has 0 spiro atoms. The van der Waals surface area contributed by atoms with Gasteiger partial charge in [-0.05, 0) is 25.7 Å². The van der Waals surface area contributed by atoms with Gasteiger partial charge in [-0.25, -0.2) is 4.99 Å². The number of rotatable bonds is 7. The van der Waals surface area contributed by atoms with Crippen LogP contribution >= 0.6 is 0 Å². The summed E-state index contributed by atoms with van der Waals surface area (Å²) in [4.78, 5) is 19.9. The van der Waals surface area contributed by atoms with Gasteiger partial charge >= 0.3 is 0 Å². The third-order valence-corrected chi connectivity index (χ3v) is 3.81. The van der Waals surface area contributed by atoms with Gasteiger partial charge in [0.2, 0.25) is 5.91 Å². The Hall–Kier alpha value is -1.52. The molecule has 1 saturated carbocycles. The van der Waals surface area contributed by atoms with Gasteiger partial charge in [0.05, 0.1) is 0 Å². The van der Waals surface area contributed by atoms with Crippen molar-refractivity contribution in [3.8, 4) is 0 Å². The summed E-state index contributed by atoms with van der Waals surface area (Å²) in [7, 11) is 5.55. The van der Waals surface area contributed by atoms with Crippen LogP contribution in [0.3, 0.4) is 0 Å². The summed E-state index contributed by atoms with van der Waals surface area (Å²) in [6.07, 6.45) is 8.93. The number of amides is 1. The summed E-state index contributed by atoms with van der Waals surface area (Å²) in [5.74, 6) is 0.876. The number of hydrogen-bond donors (Lipinski definition) is 1. The Labute approximate surface area is 129 Å². The van der Waals surface area contributed by atoms with E-state index >= 15 is 0 Å². The van der Waals surface area contributed by atoms with Crippen LogP contribution in [-0.2, 0) is 4.79 Å². The number of guanidine groups is 1. The van der Waals surface area contributed by atoms with E-state index in [1.807, 2.05) is 13.1 Å². The monoisotopic (exact) mass is 294 g/mol. The summed E-state index contributed by atoms with van der Waals surface area (Å²) in [6.45, 7) is 4.87. The molecule has 5 nitrogen and oxygen atoms in total. The maximum Gasteiger partial charge on any atom is 0.243 e. The molecule has 1 rings (SSSR count). The van der Waals surface area contributed by atoms with Crippen molar-refractivity contribution in [2.45, 2.75) is 44.6 Å². The SMILES string of the molecule is C=CCCCN(C)C(=NCC(=O)N(C)C)NC1CCCC1. The van der Waals surface area contributed by atoms with Gasteiger partial charge in [0, 0.05) is 33.7 Å². The fourth-order valence-electron chi connectivity index (χ4n) is 2.39. The lowest BCUT2D eigenvalue weighted by atomic mass is 10.2. The zero-order valence-corrected chi connectivity index (χ0v) is 13.8. The van der Waals surface area contributed by atoms with Crippen LogP contribution in [0.2, 0.25) is 0 Å². The molecule has 5 heteroatoms. The Morgan fingerprint density at radius 2 is 2.00 bits per heavy atom. The minimum absolute atomic E-state index is 0.0280. The quantitative estimate of drug-likeness (QED) is 0.337. The molecule has 1 N–H and O–H groups in total. The molecule has 1 aliphatic carbocycles. The fraction of sp³-hybridized carbons (Fsp3) is 0.750. The summed E-state index contributed by atoms with van der Waals surface area (Å²) >= 11 is 0. The van der Waals surface area contributed by atoms with E-state index in [2.05, 4.69) is 21.8 Å². The molecule has 1 amide bonds. The molecule has 0 aromatic heterocycles. The molecule has 0 aromatic carbocycles. The highest BCUT2D eigenvalue weighted by Gasteiger charge is 2.18. The zero-order valence-electron chi connectivity index (χ0n) is 13.8. The maximum absolute atomic E-state index is 11.7. The molecule has 0 saturated heterocycles. The molecular formula is C16H30N4O. The second-order valence-corrected chi connectivity index (χ2v) is 5.91. The maximum atomic E-state index is 11.7. The van der Waals surface area contributed by atoms with Gasteiger partial charge in [0.15, 0.2) is 5.96 Å². The van der Waals surface area contributed by atoms with Crippen molar-refractivity contribution in [3.05, 3.63) is 12.7 Å². The summed E-state index contributed by atoms with van der Waals surface area (Å²) < 4.78 is 0. The van der Waals surface area contributed by atoms with E-state index in [4.69, 9.17) is 0 Å². The second kappa shape index (κ2) is 9.42. The van der Waals surface area contributed by atoms with Crippen molar-refractivity contribution in [2.24, 2.45) is 4.99 Å². The number of likely N-dealkylation sites (N-methyl/N-ethyl adjacent to an activating group) is 1. The Morgan fingerprint density at radius 1 is 1.33 bits per heavy atom. The lowest BCUT2D eigenvalue weighted by Gasteiger charge is -2.25. The Morgan fingerprint density at radius 3 is 2.57 bits per heavy atom. The third kappa shape index (κ3) is 6.65. The number of aliphatic imine (C=N–C) groups is 1. The molecule has 120 valence electrons. The molecule has 0 heterocycles. The number of nitrogens with zero attached hydrogens (tertiary/aromatic N) is 3. The van der Waals surface area contributed by atoms with Gasteiger partial charge in [-0.1, -0.05) is 18.9 Å². The third-order valence-electron chi connectivity index (χ3n) is 3.81. The minimum atomic E-state index is 0.0280. The molecule has 1 fully saturated rings. The van der Waals surface area contributed by atoms with Crippen LogP contribution in [-0.4, -0.2) is 61.9 Å². The Balaban J connectivity index is 2.60. The van der Waals surface area contributed by atoms with Gasteiger partial charge in [-0.15, -0.1) is 6.58 Å². The highest BCUT2D eigenvalue weighted by atomic mass is 16.2. The predicted molar refractivity (Wildman–Crippen MR) is 88.4 cm³/mol. The van der Waals surface area contributed by atoms with Gasteiger partial charge in [0.1, 0.15) is 6.54 Å². The average Bonchev–Trinajstić information content (AvgIpc) is 2.95. The predicted octanol–water partition coefficient (Wildman–Crippen LogP) is 1.86. The van der Waals surface area contributed by atoms with Gasteiger partial charge in [0.25, 0.3) is 0 Å². The number of nitrogens with one attached hydrogen (secondary N) is 1. The molecule has 1 aliphatic rings. The lowest BCUT2D eigenvalue weighted by molar-refractivity contribution is -0.127. The number of unbranched alkanes of at least 4 members (excludes halogenated alkanes) is 1. The summed E-state index contributed by atoms with van der Waals surface area (Å²) in [6, 6.07) is 0.500. The van der Waals surface area contributed by atoms with Crippen LogP contribution in [0.1, 0.15) is 38.5 Å². The van der Waals surface area contributed by atoms with Crippen molar-refractivity contribution in [1.29, 1.82) is 0 Å². The summed E-state index contributed by atoms with van der Waals surface area (Å²) in [5.41, 5.74) is 0. The van der Waals surface area contributed by atoms with Crippen LogP contribution < -0.4 is 5.32 Å². The average molecular weight is 294 g/mol. The van der Waals surface area contributed by atoms with Crippen molar-refractivity contribution < 1.29 is 4.79 Å². The molecule has 0 aromatic rings. The van der Waals surface area contributed by atoms with E-state index in [1.54, 1.807) is 19.0 Å². The molecule has 21 heavy (non-hydrogen) atoms. The molecule has 0 aliphatic heterocycles. The minimum Gasteiger partial charge on any atom is -0.354 e. The van der Waals surface area contributed by atoms with E-state index in [1.165, 1.54) is 25.7 Å².